The summed E-state index contributed by atoms with van der Waals surface area (Å²) in [5.74, 6) is 1.58. The van der Waals surface area contributed by atoms with E-state index in [0.29, 0.717) is 5.56 Å². The molecule has 164 valence electrons. The van der Waals surface area contributed by atoms with Crippen molar-refractivity contribution < 1.29 is 14.4 Å². The second-order valence-corrected chi connectivity index (χ2v) is 7.54. The van der Waals surface area contributed by atoms with Gasteiger partial charge in [-0.3, -0.25) is 15.0 Å². The monoisotopic (exact) mass is 435 g/mol. The highest BCUT2D eigenvalue weighted by Gasteiger charge is 2.21. The van der Waals surface area contributed by atoms with Crippen LogP contribution in [-0.4, -0.2) is 63.9 Å². The van der Waals surface area contributed by atoms with Gasteiger partial charge in [0.25, 0.3) is 5.69 Å². The molecule has 0 N–H and O–H groups in total. The Morgan fingerprint density at radius 1 is 1.03 bits per heavy atom. The van der Waals surface area contributed by atoms with Crippen molar-refractivity contribution in [3.05, 3.63) is 70.3 Å². The standard InChI is InChI=1S/C21H21N7O4/c29-28(30)18-2-3-19(17(10-18)11-24-27-13-22-23-14-27)26-7-5-25(6-8-26)12-16-1-4-20-21(9-16)32-15-31-20/h1-4,9-11,13-14H,5-8,12,15H2/b24-11-. The lowest BCUT2D eigenvalue weighted by atomic mass is 10.1. The lowest BCUT2D eigenvalue weighted by molar-refractivity contribution is -0.384. The molecule has 3 heterocycles. The quantitative estimate of drug-likeness (QED) is 0.329. The van der Waals surface area contributed by atoms with E-state index in [1.165, 1.54) is 29.0 Å². The molecule has 0 saturated carbocycles. The van der Waals surface area contributed by atoms with Gasteiger partial charge >= 0.3 is 0 Å². The van der Waals surface area contributed by atoms with Gasteiger partial charge in [-0.15, -0.1) is 10.2 Å². The molecule has 2 aliphatic heterocycles. The number of benzene rings is 2. The third-order valence-electron chi connectivity index (χ3n) is 5.51. The number of aromatic nitrogens is 3. The molecule has 32 heavy (non-hydrogen) atoms. The van der Waals surface area contributed by atoms with Crippen molar-refractivity contribution in [2.24, 2.45) is 5.10 Å². The van der Waals surface area contributed by atoms with Crippen molar-refractivity contribution in [3.63, 3.8) is 0 Å². The summed E-state index contributed by atoms with van der Waals surface area (Å²) >= 11 is 0. The second kappa shape index (κ2) is 8.63. The summed E-state index contributed by atoms with van der Waals surface area (Å²) in [5.41, 5.74) is 2.80. The molecule has 1 fully saturated rings. The van der Waals surface area contributed by atoms with Crippen LogP contribution in [0.3, 0.4) is 0 Å². The SMILES string of the molecule is O=[N+]([O-])c1ccc(N2CCN(Cc3ccc4c(c3)OCO4)CC2)c(/C=N\n2cnnc2)c1. The van der Waals surface area contributed by atoms with Crippen molar-refractivity contribution in [3.8, 4) is 11.5 Å². The van der Waals surface area contributed by atoms with Crippen LogP contribution < -0.4 is 14.4 Å². The lowest BCUT2D eigenvalue weighted by Gasteiger charge is -2.36. The molecule has 2 aromatic carbocycles. The molecule has 2 aliphatic rings. The average molecular weight is 435 g/mol. The highest BCUT2D eigenvalue weighted by atomic mass is 16.7. The van der Waals surface area contributed by atoms with Gasteiger partial charge in [-0.2, -0.15) is 5.10 Å². The number of nitro groups is 1. The Balaban J connectivity index is 1.28. The Kier molecular flexibility index (Phi) is 5.38. The maximum absolute atomic E-state index is 11.3. The van der Waals surface area contributed by atoms with Gasteiger partial charge < -0.3 is 14.4 Å². The van der Waals surface area contributed by atoms with Crippen LogP contribution in [0.5, 0.6) is 11.5 Å². The van der Waals surface area contributed by atoms with Gasteiger partial charge in [-0.25, -0.2) is 4.68 Å². The molecule has 11 heteroatoms. The molecule has 11 nitrogen and oxygen atoms in total. The molecule has 0 amide bonds. The van der Waals surface area contributed by atoms with Gasteiger partial charge in [0.1, 0.15) is 12.7 Å². The number of rotatable bonds is 6. The summed E-state index contributed by atoms with van der Waals surface area (Å²) in [6.45, 7) is 4.44. The first-order chi connectivity index (χ1) is 15.7. The Labute approximate surface area is 183 Å². The largest absolute Gasteiger partial charge is 0.454 e. The first-order valence-electron chi connectivity index (χ1n) is 10.2. The number of anilines is 1. The van der Waals surface area contributed by atoms with Crippen LogP contribution >= 0.6 is 0 Å². The lowest BCUT2D eigenvalue weighted by Crippen LogP contribution is -2.46. The minimum absolute atomic E-state index is 0.0281. The fourth-order valence-electron chi connectivity index (χ4n) is 3.88. The summed E-state index contributed by atoms with van der Waals surface area (Å²) in [5, 5.41) is 23.0. The molecule has 0 unspecified atom stereocenters. The van der Waals surface area contributed by atoms with Crippen molar-refractivity contribution >= 4 is 17.6 Å². The molecule has 3 aromatic rings. The molecule has 1 aromatic heterocycles. The van der Waals surface area contributed by atoms with Crippen LogP contribution in [0.2, 0.25) is 0 Å². The maximum atomic E-state index is 11.3. The van der Waals surface area contributed by atoms with Gasteiger partial charge in [0.05, 0.1) is 11.1 Å². The number of non-ortho nitro benzene ring substituents is 1. The Bertz CT molecular complexity index is 1140. The van der Waals surface area contributed by atoms with Crippen LogP contribution in [0.1, 0.15) is 11.1 Å². The van der Waals surface area contributed by atoms with Gasteiger partial charge in [0.2, 0.25) is 6.79 Å². The van der Waals surface area contributed by atoms with Crippen molar-refractivity contribution in [2.45, 2.75) is 6.54 Å². The Hall–Kier alpha value is -3.99. The van der Waals surface area contributed by atoms with Crippen molar-refractivity contribution in [2.75, 3.05) is 37.9 Å². The van der Waals surface area contributed by atoms with Gasteiger partial charge in [0, 0.05) is 56.1 Å². The minimum atomic E-state index is -0.400. The van der Waals surface area contributed by atoms with E-state index in [2.05, 4.69) is 31.2 Å². The van der Waals surface area contributed by atoms with Crippen LogP contribution in [-0.2, 0) is 6.54 Å². The van der Waals surface area contributed by atoms with Crippen molar-refractivity contribution in [1.29, 1.82) is 0 Å². The first kappa shape index (κ1) is 19.9. The van der Waals surface area contributed by atoms with Crippen LogP contribution in [0, 0.1) is 10.1 Å². The molecule has 1 saturated heterocycles. The molecular weight excluding hydrogens is 414 g/mol. The summed E-state index contributed by atoms with van der Waals surface area (Å²) in [6.07, 6.45) is 4.52. The average Bonchev–Trinajstić information content (AvgIpc) is 3.50. The topological polar surface area (TPSA) is 111 Å². The number of nitro benzene ring substituents is 1. The molecule has 5 rings (SSSR count). The third kappa shape index (κ3) is 4.23. The van der Waals surface area contributed by atoms with Gasteiger partial charge in [-0.05, 0) is 23.8 Å². The normalized spacial score (nSPS) is 16.1. The summed E-state index contributed by atoms with van der Waals surface area (Å²) in [4.78, 5) is 15.5. The maximum Gasteiger partial charge on any atom is 0.270 e. The molecular formula is C21H21N7O4. The highest BCUT2D eigenvalue weighted by molar-refractivity contribution is 5.89. The van der Waals surface area contributed by atoms with E-state index in [4.69, 9.17) is 9.47 Å². The van der Waals surface area contributed by atoms with E-state index < -0.39 is 4.92 Å². The van der Waals surface area contributed by atoms with Crippen molar-refractivity contribution in [1.82, 2.24) is 19.8 Å². The zero-order chi connectivity index (χ0) is 21.9. The number of ether oxygens (including phenoxy) is 2. The summed E-state index contributed by atoms with van der Waals surface area (Å²) in [7, 11) is 0. The van der Waals surface area contributed by atoms with Crippen LogP contribution in [0.25, 0.3) is 0 Å². The Morgan fingerprint density at radius 2 is 1.81 bits per heavy atom. The van der Waals surface area contributed by atoms with E-state index in [0.717, 1.165) is 49.9 Å². The second-order valence-electron chi connectivity index (χ2n) is 7.54. The van der Waals surface area contributed by atoms with Gasteiger partial charge in [-0.1, -0.05) is 6.07 Å². The first-order valence-corrected chi connectivity index (χ1v) is 10.2. The number of fused-ring (bicyclic) bond motifs is 1. The molecule has 0 bridgehead atoms. The molecule has 0 spiro atoms. The molecule has 0 aliphatic carbocycles. The summed E-state index contributed by atoms with van der Waals surface area (Å²) in [6, 6.07) is 10.9. The fraction of sp³-hybridized carbons (Fsp3) is 0.286. The highest BCUT2D eigenvalue weighted by Crippen LogP contribution is 2.33. The zero-order valence-corrected chi connectivity index (χ0v) is 17.2. The van der Waals surface area contributed by atoms with Crippen LogP contribution in [0.4, 0.5) is 11.4 Å². The number of hydrogen-bond donors (Lipinski definition) is 0. The number of piperazine rings is 1. The van der Waals surface area contributed by atoms with E-state index in [1.807, 2.05) is 12.1 Å². The smallest absolute Gasteiger partial charge is 0.270 e. The number of nitrogens with zero attached hydrogens (tertiary/aromatic N) is 7. The predicted molar refractivity (Wildman–Crippen MR) is 116 cm³/mol. The third-order valence-corrected chi connectivity index (χ3v) is 5.51. The van der Waals surface area contributed by atoms with E-state index in [9.17, 15) is 10.1 Å². The molecule has 0 radical (unpaired) electrons. The van der Waals surface area contributed by atoms with Crippen LogP contribution in [0.15, 0.2) is 54.2 Å². The predicted octanol–water partition coefficient (Wildman–Crippen LogP) is 2.12. The van der Waals surface area contributed by atoms with E-state index >= 15 is 0 Å². The van der Waals surface area contributed by atoms with E-state index in [-0.39, 0.29) is 12.5 Å². The molecule has 0 atom stereocenters. The van der Waals surface area contributed by atoms with Gasteiger partial charge in [0.15, 0.2) is 11.5 Å². The van der Waals surface area contributed by atoms with E-state index in [1.54, 1.807) is 18.3 Å². The fourth-order valence-corrected chi connectivity index (χ4v) is 3.88. The summed E-state index contributed by atoms with van der Waals surface area (Å²) < 4.78 is 12.3. The zero-order valence-electron chi connectivity index (χ0n) is 17.2. The minimum Gasteiger partial charge on any atom is -0.454 e. The number of hydrogen-bond acceptors (Lipinski definition) is 9. The Morgan fingerprint density at radius 3 is 2.59 bits per heavy atom.